The standard InChI is InChI=1S/C35H44N8O3/c1-35(2,3)46-34(45)43-22-20-41(21-23-43)28-12-17-42(18-13-28)32-31(26-8-5-4-6-9-26)38-30-24-27(10-11-29(30)39-32)33(44)37-14-7-16-40-19-15-36-25-40/h4-6,8-11,15,19,24-25,28H,7,12-14,16-18,20-23H2,1-3H3,(H,37,44). The summed E-state index contributed by atoms with van der Waals surface area (Å²) in [5, 5.41) is 3.02. The Balaban J connectivity index is 1.12. The smallest absolute Gasteiger partial charge is 0.410 e. The maximum absolute atomic E-state index is 13.0. The Morgan fingerprint density at radius 2 is 1.70 bits per heavy atom. The maximum Gasteiger partial charge on any atom is 0.410 e. The van der Waals surface area contributed by atoms with Crippen molar-refractivity contribution >= 4 is 28.9 Å². The van der Waals surface area contributed by atoms with Crippen molar-refractivity contribution in [3.05, 3.63) is 72.8 Å². The number of imidazole rings is 1. The molecule has 11 heteroatoms. The van der Waals surface area contributed by atoms with E-state index in [2.05, 4.69) is 32.2 Å². The Labute approximate surface area is 270 Å². The van der Waals surface area contributed by atoms with E-state index in [0.29, 0.717) is 36.8 Å². The normalized spacial score (nSPS) is 16.5. The number of piperazine rings is 1. The third-order valence-corrected chi connectivity index (χ3v) is 8.64. The van der Waals surface area contributed by atoms with Crippen LogP contribution in [0.25, 0.3) is 22.3 Å². The van der Waals surface area contributed by atoms with Gasteiger partial charge < -0.3 is 24.4 Å². The number of aryl methyl sites for hydroxylation is 1. The second-order valence-electron chi connectivity index (χ2n) is 13.1. The van der Waals surface area contributed by atoms with Crippen molar-refractivity contribution in [2.75, 3.05) is 50.7 Å². The van der Waals surface area contributed by atoms with Gasteiger partial charge in [-0.25, -0.2) is 19.7 Å². The van der Waals surface area contributed by atoms with Crippen molar-refractivity contribution < 1.29 is 14.3 Å². The van der Waals surface area contributed by atoms with Gasteiger partial charge in [0, 0.05) is 81.9 Å². The monoisotopic (exact) mass is 624 g/mol. The molecule has 2 aliphatic rings. The topological polar surface area (TPSA) is 109 Å². The molecule has 2 aliphatic heterocycles. The average molecular weight is 625 g/mol. The fraction of sp³-hybridized carbons (Fsp3) is 0.457. The number of hydrogen-bond acceptors (Lipinski definition) is 8. The summed E-state index contributed by atoms with van der Waals surface area (Å²) in [4.78, 5) is 46.5. The first kappa shape index (κ1) is 31.5. The molecule has 0 saturated carbocycles. The lowest BCUT2D eigenvalue weighted by molar-refractivity contribution is 0.00900. The molecule has 4 heterocycles. The number of amides is 2. The summed E-state index contributed by atoms with van der Waals surface area (Å²) in [5.41, 5.74) is 3.39. The van der Waals surface area contributed by atoms with E-state index in [0.717, 1.165) is 74.6 Å². The molecule has 2 aromatic carbocycles. The Morgan fingerprint density at radius 1 is 0.935 bits per heavy atom. The summed E-state index contributed by atoms with van der Waals surface area (Å²) in [6.07, 6.45) is 8.07. The van der Waals surface area contributed by atoms with Gasteiger partial charge in [-0.1, -0.05) is 30.3 Å². The van der Waals surface area contributed by atoms with Crippen LogP contribution in [-0.2, 0) is 11.3 Å². The first-order valence-electron chi connectivity index (χ1n) is 16.3. The number of nitrogens with zero attached hydrogens (tertiary/aromatic N) is 7. The number of hydrogen-bond donors (Lipinski definition) is 1. The van der Waals surface area contributed by atoms with Gasteiger partial charge >= 0.3 is 6.09 Å². The van der Waals surface area contributed by atoms with Gasteiger partial charge in [0.15, 0.2) is 5.82 Å². The molecule has 242 valence electrons. The molecule has 1 N–H and O–H groups in total. The first-order valence-corrected chi connectivity index (χ1v) is 16.3. The second kappa shape index (κ2) is 13.9. The van der Waals surface area contributed by atoms with Crippen molar-refractivity contribution in [3.8, 4) is 11.3 Å². The highest BCUT2D eigenvalue weighted by molar-refractivity contribution is 5.98. The molecule has 0 bridgehead atoms. The molecule has 2 aromatic heterocycles. The molecular formula is C35H44N8O3. The van der Waals surface area contributed by atoms with Crippen molar-refractivity contribution in [3.63, 3.8) is 0 Å². The minimum absolute atomic E-state index is 0.117. The zero-order chi connectivity index (χ0) is 32.1. The van der Waals surface area contributed by atoms with E-state index in [1.165, 1.54) is 0 Å². The highest BCUT2D eigenvalue weighted by Gasteiger charge is 2.32. The van der Waals surface area contributed by atoms with Gasteiger partial charge in [-0.3, -0.25) is 9.69 Å². The van der Waals surface area contributed by atoms with Gasteiger partial charge in [-0.2, -0.15) is 0 Å². The Hall–Kier alpha value is -4.51. The van der Waals surface area contributed by atoms with Crippen LogP contribution in [0.5, 0.6) is 0 Å². The van der Waals surface area contributed by atoms with E-state index >= 15 is 0 Å². The van der Waals surface area contributed by atoms with Gasteiger partial charge in [0.05, 0.1) is 17.4 Å². The van der Waals surface area contributed by atoms with E-state index in [9.17, 15) is 9.59 Å². The highest BCUT2D eigenvalue weighted by atomic mass is 16.6. The average Bonchev–Trinajstić information content (AvgIpc) is 3.59. The van der Waals surface area contributed by atoms with Gasteiger partial charge in [0.25, 0.3) is 5.91 Å². The summed E-state index contributed by atoms with van der Waals surface area (Å²) in [6.45, 7) is 11.9. The van der Waals surface area contributed by atoms with Crippen LogP contribution < -0.4 is 10.2 Å². The minimum atomic E-state index is -0.482. The molecule has 0 unspecified atom stereocenters. The van der Waals surface area contributed by atoms with E-state index in [4.69, 9.17) is 14.7 Å². The van der Waals surface area contributed by atoms with Crippen LogP contribution in [0.15, 0.2) is 67.3 Å². The lowest BCUT2D eigenvalue weighted by atomic mass is 10.0. The highest BCUT2D eigenvalue weighted by Crippen LogP contribution is 2.32. The number of aromatic nitrogens is 4. The zero-order valence-corrected chi connectivity index (χ0v) is 27.1. The molecule has 0 radical (unpaired) electrons. The number of rotatable bonds is 8. The third-order valence-electron chi connectivity index (χ3n) is 8.64. The van der Waals surface area contributed by atoms with Crippen molar-refractivity contribution in [2.45, 2.75) is 58.2 Å². The zero-order valence-electron chi connectivity index (χ0n) is 27.1. The minimum Gasteiger partial charge on any atom is -0.444 e. The molecular weight excluding hydrogens is 580 g/mol. The molecule has 2 saturated heterocycles. The molecule has 0 aliphatic carbocycles. The second-order valence-corrected chi connectivity index (χ2v) is 13.1. The molecule has 46 heavy (non-hydrogen) atoms. The van der Waals surface area contributed by atoms with Gasteiger partial charge in [-0.05, 0) is 58.2 Å². The summed E-state index contributed by atoms with van der Waals surface area (Å²) in [6, 6.07) is 16.2. The number of benzene rings is 2. The van der Waals surface area contributed by atoms with Crippen LogP contribution in [0.2, 0.25) is 0 Å². The van der Waals surface area contributed by atoms with E-state index in [1.54, 1.807) is 12.5 Å². The van der Waals surface area contributed by atoms with Crippen LogP contribution >= 0.6 is 0 Å². The largest absolute Gasteiger partial charge is 0.444 e. The molecule has 2 amide bonds. The number of anilines is 1. The van der Waals surface area contributed by atoms with Crippen molar-refractivity contribution in [1.29, 1.82) is 0 Å². The number of fused-ring (bicyclic) bond motifs is 1. The van der Waals surface area contributed by atoms with Crippen LogP contribution in [0, 0.1) is 0 Å². The van der Waals surface area contributed by atoms with Crippen LogP contribution in [0.1, 0.15) is 50.4 Å². The molecule has 0 spiro atoms. The van der Waals surface area contributed by atoms with Crippen molar-refractivity contribution in [1.82, 2.24) is 34.6 Å². The number of nitrogens with one attached hydrogen (secondary N) is 1. The van der Waals surface area contributed by atoms with E-state index < -0.39 is 5.60 Å². The molecule has 6 rings (SSSR count). The van der Waals surface area contributed by atoms with Crippen LogP contribution in [0.3, 0.4) is 0 Å². The number of carbonyl (C=O) groups is 2. The quantitative estimate of drug-likeness (QED) is 0.278. The van der Waals surface area contributed by atoms with Crippen LogP contribution in [0.4, 0.5) is 10.6 Å². The summed E-state index contributed by atoms with van der Waals surface area (Å²) in [5.74, 6) is 0.761. The summed E-state index contributed by atoms with van der Waals surface area (Å²) in [7, 11) is 0. The predicted octanol–water partition coefficient (Wildman–Crippen LogP) is 4.83. The van der Waals surface area contributed by atoms with Gasteiger partial charge in [-0.15, -0.1) is 0 Å². The predicted molar refractivity (Wildman–Crippen MR) is 179 cm³/mol. The van der Waals surface area contributed by atoms with Gasteiger partial charge in [0.2, 0.25) is 0 Å². The SMILES string of the molecule is CC(C)(C)OC(=O)N1CCN(C2CCN(c3nc4ccc(C(=O)NCCCn5ccnc5)cc4nc3-c3ccccc3)CC2)CC1. The summed E-state index contributed by atoms with van der Waals surface area (Å²) >= 11 is 0. The van der Waals surface area contributed by atoms with E-state index in [-0.39, 0.29) is 12.0 Å². The Morgan fingerprint density at radius 3 is 2.39 bits per heavy atom. The molecule has 11 nitrogen and oxygen atoms in total. The van der Waals surface area contributed by atoms with E-state index in [1.807, 2.05) is 72.8 Å². The number of ether oxygens (including phenoxy) is 1. The third kappa shape index (κ3) is 7.64. The molecule has 0 atom stereocenters. The number of piperidine rings is 1. The lowest BCUT2D eigenvalue weighted by Crippen LogP contribution is -2.55. The maximum atomic E-state index is 13.0. The molecule has 2 fully saturated rings. The van der Waals surface area contributed by atoms with Gasteiger partial charge in [0.1, 0.15) is 11.3 Å². The fourth-order valence-electron chi connectivity index (χ4n) is 6.22. The summed E-state index contributed by atoms with van der Waals surface area (Å²) < 4.78 is 7.57. The lowest BCUT2D eigenvalue weighted by Gasteiger charge is -2.43. The Bertz CT molecular complexity index is 1620. The van der Waals surface area contributed by atoms with Crippen molar-refractivity contribution in [2.24, 2.45) is 0 Å². The fourth-order valence-corrected chi connectivity index (χ4v) is 6.22. The Kier molecular flexibility index (Phi) is 9.48. The molecule has 4 aromatic rings. The van der Waals surface area contributed by atoms with Crippen LogP contribution in [-0.4, -0.2) is 98.8 Å². The first-order chi connectivity index (χ1) is 22.2. The number of carbonyl (C=O) groups excluding carboxylic acids is 2.